The molecular formula is C13H22ClN3O2S. The van der Waals surface area contributed by atoms with Crippen LogP contribution in [0.4, 0.5) is 0 Å². The van der Waals surface area contributed by atoms with Crippen LogP contribution in [0.2, 0.25) is 0 Å². The fraction of sp³-hybridized carbons (Fsp3) is 0.538. The van der Waals surface area contributed by atoms with E-state index in [1.165, 1.54) is 8.61 Å². The maximum Gasteiger partial charge on any atom is 0.281 e. The van der Waals surface area contributed by atoms with Crippen LogP contribution in [-0.2, 0) is 10.2 Å². The summed E-state index contributed by atoms with van der Waals surface area (Å²) in [6.45, 7) is 3.12. The lowest BCUT2D eigenvalue weighted by molar-refractivity contribution is 0.399. The van der Waals surface area contributed by atoms with Gasteiger partial charge in [-0.2, -0.15) is 17.0 Å². The van der Waals surface area contributed by atoms with Gasteiger partial charge in [0.25, 0.3) is 10.2 Å². The first-order valence-corrected chi connectivity index (χ1v) is 7.88. The molecule has 0 aromatic heterocycles. The standard InChI is InChI=1S/C13H21N3O2S.ClH/c1-3-15(2)19(17,18)16-9-12(13(14)10-16)11-7-5-4-6-8-11;/h4-8,12-13H,3,9-10,14H2,1-2H3;1H/t12-,13+;/m0./s1. The summed E-state index contributed by atoms with van der Waals surface area (Å²) in [6, 6.07) is 9.72. The summed E-state index contributed by atoms with van der Waals surface area (Å²) in [5, 5.41) is 0. The third-order valence-electron chi connectivity index (χ3n) is 3.72. The summed E-state index contributed by atoms with van der Waals surface area (Å²) in [5.41, 5.74) is 7.22. The highest BCUT2D eigenvalue weighted by atomic mass is 35.5. The van der Waals surface area contributed by atoms with Gasteiger partial charge in [-0.1, -0.05) is 37.3 Å². The molecule has 114 valence electrons. The third-order valence-corrected chi connectivity index (χ3v) is 5.72. The van der Waals surface area contributed by atoms with Crippen molar-refractivity contribution in [2.45, 2.75) is 18.9 Å². The highest BCUT2D eigenvalue weighted by Crippen LogP contribution is 2.28. The minimum absolute atomic E-state index is 0. The van der Waals surface area contributed by atoms with Crippen molar-refractivity contribution < 1.29 is 8.42 Å². The zero-order valence-corrected chi connectivity index (χ0v) is 13.4. The summed E-state index contributed by atoms with van der Waals surface area (Å²) in [6.07, 6.45) is 0. The maximum absolute atomic E-state index is 12.3. The Kier molecular flexibility index (Phi) is 5.97. The lowest BCUT2D eigenvalue weighted by atomic mass is 9.95. The molecular weight excluding hydrogens is 298 g/mol. The molecule has 2 atom stereocenters. The number of nitrogens with two attached hydrogens (primary N) is 1. The van der Waals surface area contributed by atoms with Gasteiger partial charge in [0.15, 0.2) is 0 Å². The largest absolute Gasteiger partial charge is 0.326 e. The van der Waals surface area contributed by atoms with Crippen molar-refractivity contribution >= 4 is 22.6 Å². The van der Waals surface area contributed by atoms with Gasteiger partial charge in [-0.05, 0) is 5.56 Å². The highest BCUT2D eigenvalue weighted by Gasteiger charge is 2.38. The SMILES string of the molecule is CCN(C)S(=O)(=O)N1C[C@@H](N)[C@H](c2ccccc2)C1.Cl. The van der Waals surface area contributed by atoms with Crippen molar-refractivity contribution in [3.8, 4) is 0 Å². The second kappa shape index (κ2) is 6.87. The summed E-state index contributed by atoms with van der Waals surface area (Å²) in [5.74, 6) is 0.0706. The molecule has 1 aliphatic rings. The van der Waals surface area contributed by atoms with Gasteiger partial charge in [0.05, 0.1) is 0 Å². The number of nitrogens with zero attached hydrogens (tertiary/aromatic N) is 2. The van der Waals surface area contributed by atoms with E-state index in [2.05, 4.69) is 0 Å². The second-order valence-corrected chi connectivity index (χ2v) is 6.96. The summed E-state index contributed by atoms with van der Waals surface area (Å²) in [4.78, 5) is 0. The molecule has 5 nitrogen and oxygen atoms in total. The topological polar surface area (TPSA) is 66.6 Å². The molecule has 20 heavy (non-hydrogen) atoms. The van der Waals surface area contributed by atoms with Gasteiger partial charge >= 0.3 is 0 Å². The summed E-state index contributed by atoms with van der Waals surface area (Å²) in [7, 11) is -1.78. The first-order chi connectivity index (χ1) is 8.96. The molecule has 2 rings (SSSR count). The molecule has 0 spiro atoms. The lowest BCUT2D eigenvalue weighted by Gasteiger charge is -2.22. The van der Waals surface area contributed by atoms with Gasteiger partial charge < -0.3 is 5.73 Å². The van der Waals surface area contributed by atoms with E-state index in [0.29, 0.717) is 19.6 Å². The first kappa shape index (κ1) is 17.4. The molecule has 1 aromatic carbocycles. The molecule has 1 fully saturated rings. The van der Waals surface area contributed by atoms with Crippen LogP contribution in [0.5, 0.6) is 0 Å². The Bertz CT molecular complexity index is 524. The molecule has 7 heteroatoms. The highest BCUT2D eigenvalue weighted by molar-refractivity contribution is 7.86. The fourth-order valence-corrected chi connectivity index (χ4v) is 3.82. The molecule has 0 unspecified atom stereocenters. The van der Waals surface area contributed by atoms with E-state index in [1.807, 2.05) is 37.3 Å². The minimum atomic E-state index is -3.38. The first-order valence-electron chi connectivity index (χ1n) is 6.48. The number of benzene rings is 1. The number of halogens is 1. The zero-order valence-electron chi connectivity index (χ0n) is 11.8. The van der Waals surface area contributed by atoms with Gasteiger partial charge in [0.2, 0.25) is 0 Å². The summed E-state index contributed by atoms with van der Waals surface area (Å²) >= 11 is 0. The van der Waals surface area contributed by atoms with Crippen molar-refractivity contribution in [3.63, 3.8) is 0 Å². The molecule has 1 aliphatic heterocycles. The summed E-state index contributed by atoms with van der Waals surface area (Å²) < 4.78 is 27.4. The molecule has 1 saturated heterocycles. The van der Waals surface area contributed by atoms with E-state index in [-0.39, 0.29) is 24.4 Å². The Hall–Kier alpha value is -0.660. The molecule has 0 bridgehead atoms. The molecule has 0 aliphatic carbocycles. The molecule has 2 N–H and O–H groups in total. The van der Waals surface area contributed by atoms with Crippen LogP contribution in [0.25, 0.3) is 0 Å². The zero-order chi connectivity index (χ0) is 14.0. The molecule has 1 aromatic rings. The van der Waals surface area contributed by atoms with E-state index >= 15 is 0 Å². The predicted octanol–water partition coefficient (Wildman–Crippen LogP) is 1.03. The van der Waals surface area contributed by atoms with Crippen molar-refractivity contribution in [2.75, 3.05) is 26.7 Å². The Morgan fingerprint density at radius 1 is 1.30 bits per heavy atom. The van der Waals surface area contributed by atoms with E-state index in [1.54, 1.807) is 7.05 Å². The van der Waals surface area contributed by atoms with E-state index in [9.17, 15) is 8.42 Å². The minimum Gasteiger partial charge on any atom is -0.326 e. The normalized spacial score (nSPS) is 23.8. The lowest BCUT2D eigenvalue weighted by Crippen LogP contribution is -2.41. The van der Waals surface area contributed by atoms with Crippen molar-refractivity contribution in [1.82, 2.24) is 8.61 Å². The van der Waals surface area contributed by atoms with Crippen LogP contribution in [0, 0.1) is 0 Å². The van der Waals surface area contributed by atoms with Crippen LogP contribution in [0.15, 0.2) is 30.3 Å². The monoisotopic (exact) mass is 319 g/mol. The predicted molar refractivity (Wildman–Crippen MR) is 83.2 cm³/mol. The number of hydrogen-bond donors (Lipinski definition) is 1. The van der Waals surface area contributed by atoms with Crippen LogP contribution >= 0.6 is 12.4 Å². The van der Waals surface area contributed by atoms with Gasteiger partial charge in [0.1, 0.15) is 0 Å². The van der Waals surface area contributed by atoms with E-state index in [4.69, 9.17) is 5.73 Å². The average Bonchev–Trinajstić information content (AvgIpc) is 2.81. The fourth-order valence-electron chi connectivity index (χ4n) is 2.39. The third kappa shape index (κ3) is 3.32. The molecule has 1 heterocycles. The average molecular weight is 320 g/mol. The van der Waals surface area contributed by atoms with Gasteiger partial charge in [0, 0.05) is 38.6 Å². The van der Waals surface area contributed by atoms with Crippen LogP contribution < -0.4 is 5.73 Å². The Morgan fingerprint density at radius 2 is 1.90 bits per heavy atom. The van der Waals surface area contributed by atoms with Crippen LogP contribution in [-0.4, -0.2) is 49.8 Å². The van der Waals surface area contributed by atoms with Gasteiger partial charge in [-0.3, -0.25) is 0 Å². The Morgan fingerprint density at radius 3 is 2.45 bits per heavy atom. The van der Waals surface area contributed by atoms with Crippen molar-refractivity contribution in [1.29, 1.82) is 0 Å². The Balaban J connectivity index is 0.00000200. The van der Waals surface area contributed by atoms with Gasteiger partial charge in [-0.25, -0.2) is 0 Å². The van der Waals surface area contributed by atoms with Crippen molar-refractivity contribution in [2.24, 2.45) is 5.73 Å². The van der Waals surface area contributed by atoms with E-state index < -0.39 is 10.2 Å². The number of hydrogen-bond acceptors (Lipinski definition) is 3. The van der Waals surface area contributed by atoms with Crippen LogP contribution in [0.3, 0.4) is 0 Å². The second-order valence-electron chi connectivity index (χ2n) is 4.92. The van der Waals surface area contributed by atoms with Crippen LogP contribution in [0.1, 0.15) is 18.4 Å². The number of rotatable bonds is 4. The quantitative estimate of drug-likeness (QED) is 0.901. The maximum atomic E-state index is 12.3. The molecule has 0 radical (unpaired) electrons. The molecule has 0 saturated carbocycles. The molecule has 0 amide bonds. The Labute approximate surface area is 127 Å². The smallest absolute Gasteiger partial charge is 0.281 e. The van der Waals surface area contributed by atoms with Crippen molar-refractivity contribution in [3.05, 3.63) is 35.9 Å². The van der Waals surface area contributed by atoms with Gasteiger partial charge in [-0.15, -0.1) is 12.4 Å². The van der Waals surface area contributed by atoms with E-state index in [0.717, 1.165) is 5.56 Å².